The molecule has 7 heteroatoms. The molecule has 0 saturated carbocycles. The van der Waals surface area contributed by atoms with Gasteiger partial charge >= 0.3 is 5.97 Å². The van der Waals surface area contributed by atoms with E-state index >= 15 is 0 Å². The lowest BCUT2D eigenvalue weighted by Gasteiger charge is -2.05. The third-order valence-electron chi connectivity index (χ3n) is 2.89. The highest BCUT2D eigenvalue weighted by atomic mass is 79.9. The van der Waals surface area contributed by atoms with Crippen molar-refractivity contribution in [3.8, 4) is 0 Å². The number of carbonyl (C=O) groups excluding carboxylic acids is 1. The first kappa shape index (κ1) is 14.5. The number of rotatable bonds is 4. The first-order valence-electron chi connectivity index (χ1n) is 6.11. The van der Waals surface area contributed by atoms with Crippen LogP contribution in [0.25, 0.3) is 5.65 Å². The number of carbonyl (C=O) groups is 2. The van der Waals surface area contributed by atoms with Crippen molar-refractivity contribution < 1.29 is 14.7 Å². The molecular formula is C13H14BrN3O3. The molecule has 0 radical (unpaired) electrons. The monoisotopic (exact) mass is 339 g/mol. The average molecular weight is 340 g/mol. The number of hydrogen-bond acceptors (Lipinski definition) is 3. The third kappa shape index (κ3) is 2.67. The van der Waals surface area contributed by atoms with Crippen LogP contribution in [0, 0.1) is 6.92 Å². The molecule has 0 saturated heterocycles. The molecule has 6 nitrogen and oxygen atoms in total. The van der Waals surface area contributed by atoms with Gasteiger partial charge in [-0.2, -0.15) is 0 Å². The fourth-order valence-electron chi connectivity index (χ4n) is 2.04. The highest BCUT2D eigenvalue weighted by molar-refractivity contribution is 9.10. The van der Waals surface area contributed by atoms with Crippen LogP contribution in [0.1, 0.15) is 28.7 Å². The summed E-state index contributed by atoms with van der Waals surface area (Å²) in [6, 6.07) is 1.92. The van der Waals surface area contributed by atoms with E-state index in [2.05, 4.69) is 26.2 Å². The zero-order valence-corrected chi connectivity index (χ0v) is 12.7. The second kappa shape index (κ2) is 5.62. The summed E-state index contributed by atoms with van der Waals surface area (Å²) in [4.78, 5) is 27.2. The van der Waals surface area contributed by atoms with Gasteiger partial charge in [-0.05, 0) is 40.9 Å². The van der Waals surface area contributed by atoms with Gasteiger partial charge in [0, 0.05) is 10.7 Å². The molecule has 0 aliphatic rings. The molecule has 2 aromatic rings. The van der Waals surface area contributed by atoms with Gasteiger partial charge in [-0.25, -0.2) is 4.98 Å². The Morgan fingerprint density at radius 3 is 2.80 bits per heavy atom. The van der Waals surface area contributed by atoms with Gasteiger partial charge in [0.15, 0.2) is 0 Å². The van der Waals surface area contributed by atoms with Crippen LogP contribution in [-0.4, -0.2) is 32.9 Å². The normalized spacial score (nSPS) is 10.8. The fourth-order valence-corrected chi connectivity index (χ4v) is 2.59. The Balaban J connectivity index is 2.55. The van der Waals surface area contributed by atoms with Crippen LogP contribution in [0.3, 0.4) is 0 Å². The molecule has 1 amide bonds. The van der Waals surface area contributed by atoms with Crippen LogP contribution < -0.4 is 5.32 Å². The molecule has 0 unspecified atom stereocenters. The minimum absolute atomic E-state index is 0.383. The number of amides is 1. The van der Waals surface area contributed by atoms with Gasteiger partial charge in [0.2, 0.25) is 0 Å². The number of aryl methyl sites for hydroxylation is 2. The van der Waals surface area contributed by atoms with E-state index in [1.54, 1.807) is 10.6 Å². The van der Waals surface area contributed by atoms with Gasteiger partial charge < -0.3 is 10.4 Å². The largest absolute Gasteiger partial charge is 0.480 e. The number of imidazole rings is 1. The Morgan fingerprint density at radius 2 is 2.20 bits per heavy atom. The zero-order valence-electron chi connectivity index (χ0n) is 11.1. The molecule has 2 aromatic heterocycles. The maximum atomic E-state index is 12.2. The van der Waals surface area contributed by atoms with Crippen LogP contribution in [-0.2, 0) is 11.2 Å². The maximum Gasteiger partial charge on any atom is 0.322 e. The maximum absolute atomic E-state index is 12.2. The summed E-state index contributed by atoms with van der Waals surface area (Å²) in [6.45, 7) is 3.40. The first-order chi connectivity index (χ1) is 9.43. The van der Waals surface area contributed by atoms with E-state index in [0.717, 1.165) is 10.0 Å². The molecule has 0 aromatic carbocycles. The number of aromatic nitrogens is 2. The van der Waals surface area contributed by atoms with Gasteiger partial charge in [-0.1, -0.05) is 6.92 Å². The number of fused-ring (bicyclic) bond motifs is 1. The highest BCUT2D eigenvalue weighted by Gasteiger charge is 2.19. The quantitative estimate of drug-likeness (QED) is 0.889. The molecule has 0 aliphatic carbocycles. The predicted molar refractivity (Wildman–Crippen MR) is 77.0 cm³/mol. The van der Waals surface area contributed by atoms with Crippen molar-refractivity contribution in [1.82, 2.24) is 14.7 Å². The van der Waals surface area contributed by atoms with Crippen molar-refractivity contribution >= 4 is 33.5 Å². The molecular weight excluding hydrogens is 326 g/mol. The van der Waals surface area contributed by atoms with Crippen LogP contribution in [0.5, 0.6) is 0 Å². The molecule has 0 fully saturated rings. The minimum Gasteiger partial charge on any atom is -0.480 e. The van der Waals surface area contributed by atoms with Crippen molar-refractivity contribution in [1.29, 1.82) is 0 Å². The average Bonchev–Trinajstić information content (AvgIpc) is 2.74. The number of nitrogens with zero attached hydrogens (tertiary/aromatic N) is 2. The van der Waals surface area contributed by atoms with Crippen molar-refractivity contribution in [3.63, 3.8) is 0 Å². The van der Waals surface area contributed by atoms with Crippen molar-refractivity contribution in [2.75, 3.05) is 6.54 Å². The molecule has 0 atom stereocenters. The number of pyridine rings is 1. The van der Waals surface area contributed by atoms with Gasteiger partial charge in [-0.15, -0.1) is 0 Å². The Kier molecular flexibility index (Phi) is 4.08. The Labute approximate surface area is 123 Å². The summed E-state index contributed by atoms with van der Waals surface area (Å²) < 4.78 is 2.52. The Morgan fingerprint density at radius 1 is 1.50 bits per heavy atom. The smallest absolute Gasteiger partial charge is 0.322 e. The summed E-state index contributed by atoms with van der Waals surface area (Å²) in [7, 11) is 0. The second-order valence-electron chi connectivity index (χ2n) is 4.37. The second-order valence-corrected chi connectivity index (χ2v) is 5.29. The number of carboxylic acids is 1. The topological polar surface area (TPSA) is 83.7 Å². The van der Waals surface area contributed by atoms with Crippen molar-refractivity contribution in [3.05, 3.63) is 33.7 Å². The molecule has 20 heavy (non-hydrogen) atoms. The SMILES string of the molecule is CCc1nc2c(C)cc(Br)cn2c1C(=O)NCC(=O)O. The van der Waals surface area contributed by atoms with Crippen LogP contribution in [0.4, 0.5) is 0 Å². The van der Waals surface area contributed by atoms with E-state index in [1.165, 1.54) is 0 Å². The van der Waals surface area contributed by atoms with Crippen molar-refractivity contribution in [2.24, 2.45) is 0 Å². The van der Waals surface area contributed by atoms with Crippen LogP contribution in [0.15, 0.2) is 16.7 Å². The summed E-state index contributed by atoms with van der Waals surface area (Å²) in [5.41, 5.74) is 2.67. The summed E-state index contributed by atoms with van der Waals surface area (Å²) >= 11 is 3.39. The number of hydrogen-bond donors (Lipinski definition) is 2. The van der Waals surface area contributed by atoms with Gasteiger partial charge in [-0.3, -0.25) is 14.0 Å². The Bertz CT molecular complexity index is 694. The van der Waals surface area contributed by atoms with Crippen LogP contribution >= 0.6 is 15.9 Å². The van der Waals surface area contributed by atoms with Crippen molar-refractivity contribution in [2.45, 2.75) is 20.3 Å². The highest BCUT2D eigenvalue weighted by Crippen LogP contribution is 2.21. The summed E-state index contributed by atoms with van der Waals surface area (Å²) in [5.74, 6) is -1.52. The molecule has 106 valence electrons. The van der Waals surface area contributed by atoms with Crippen LogP contribution in [0.2, 0.25) is 0 Å². The fraction of sp³-hybridized carbons (Fsp3) is 0.308. The predicted octanol–water partition coefficient (Wildman–Crippen LogP) is 1.78. The number of halogens is 1. The van der Waals surface area contributed by atoms with E-state index in [-0.39, 0.29) is 0 Å². The van der Waals surface area contributed by atoms with E-state index in [9.17, 15) is 9.59 Å². The van der Waals surface area contributed by atoms with E-state index < -0.39 is 18.4 Å². The van der Waals surface area contributed by atoms with E-state index in [0.29, 0.717) is 23.5 Å². The standard InChI is InChI=1S/C13H14BrN3O3/c1-3-9-11(13(20)15-5-10(18)19)17-6-8(14)4-7(2)12(17)16-9/h4,6H,3,5H2,1-2H3,(H,15,20)(H,18,19). The summed E-state index contributed by atoms with van der Waals surface area (Å²) in [6.07, 6.45) is 2.35. The van der Waals surface area contributed by atoms with E-state index in [4.69, 9.17) is 5.11 Å². The first-order valence-corrected chi connectivity index (χ1v) is 6.90. The molecule has 0 bridgehead atoms. The molecule has 0 spiro atoms. The Hall–Kier alpha value is -1.89. The van der Waals surface area contributed by atoms with Gasteiger partial charge in [0.05, 0.1) is 5.69 Å². The number of aliphatic carboxylic acids is 1. The summed E-state index contributed by atoms with van der Waals surface area (Å²) in [5, 5.41) is 11.0. The third-order valence-corrected chi connectivity index (χ3v) is 3.33. The minimum atomic E-state index is -1.08. The zero-order chi connectivity index (χ0) is 14.9. The van der Waals surface area contributed by atoms with Gasteiger partial charge in [0.25, 0.3) is 5.91 Å². The number of nitrogens with one attached hydrogen (secondary N) is 1. The lowest BCUT2D eigenvalue weighted by atomic mass is 10.2. The molecule has 2 rings (SSSR count). The molecule has 2 N–H and O–H groups in total. The lowest BCUT2D eigenvalue weighted by molar-refractivity contribution is -0.135. The van der Waals surface area contributed by atoms with E-state index in [1.807, 2.05) is 19.9 Å². The molecule has 0 aliphatic heterocycles. The van der Waals surface area contributed by atoms with Gasteiger partial charge in [0.1, 0.15) is 17.9 Å². The lowest BCUT2D eigenvalue weighted by Crippen LogP contribution is -2.30. The number of carboxylic acid groups (broad SMARTS) is 1. The molecule has 2 heterocycles.